The summed E-state index contributed by atoms with van der Waals surface area (Å²) in [5.74, 6) is -0.220. The van der Waals surface area contributed by atoms with Crippen molar-refractivity contribution in [1.29, 1.82) is 0 Å². The number of carbonyl (C=O) groups is 2. The van der Waals surface area contributed by atoms with Gasteiger partial charge in [0.1, 0.15) is 5.69 Å². The lowest BCUT2D eigenvalue weighted by molar-refractivity contribution is -0.384. The number of hydrogen-bond donors (Lipinski definition) is 1. The first-order valence-electron chi connectivity index (χ1n) is 9.88. The minimum absolute atomic E-state index is 0.0430. The van der Waals surface area contributed by atoms with E-state index in [1.807, 2.05) is 36.1 Å². The SMILES string of the molecule is CC(=O)c1ccc(N2CCN(CC(=O)Nc3cc(C)c(C)cc3[N+](=O)[O-])CC2)cc1. The van der Waals surface area contributed by atoms with E-state index < -0.39 is 4.92 Å². The number of nitro groups is 1. The van der Waals surface area contributed by atoms with E-state index in [0.717, 1.165) is 29.9 Å². The van der Waals surface area contributed by atoms with E-state index in [2.05, 4.69) is 10.2 Å². The maximum atomic E-state index is 12.5. The molecule has 1 amide bonds. The molecular weight excluding hydrogens is 384 g/mol. The number of benzene rings is 2. The van der Waals surface area contributed by atoms with Crippen LogP contribution < -0.4 is 10.2 Å². The molecule has 0 spiro atoms. The number of hydrogen-bond acceptors (Lipinski definition) is 6. The number of rotatable bonds is 6. The number of piperazine rings is 1. The third-order valence-corrected chi connectivity index (χ3v) is 5.46. The number of nitrogens with one attached hydrogen (secondary N) is 1. The molecule has 1 aliphatic heterocycles. The zero-order valence-corrected chi connectivity index (χ0v) is 17.5. The largest absolute Gasteiger partial charge is 0.369 e. The third-order valence-electron chi connectivity index (χ3n) is 5.46. The van der Waals surface area contributed by atoms with Gasteiger partial charge >= 0.3 is 0 Å². The average molecular weight is 410 g/mol. The second-order valence-electron chi connectivity index (χ2n) is 7.63. The summed E-state index contributed by atoms with van der Waals surface area (Å²) in [6.45, 7) is 8.32. The van der Waals surface area contributed by atoms with Gasteiger partial charge in [-0.15, -0.1) is 0 Å². The average Bonchev–Trinajstić information content (AvgIpc) is 2.71. The second-order valence-corrected chi connectivity index (χ2v) is 7.63. The van der Waals surface area contributed by atoms with Gasteiger partial charge in [0.25, 0.3) is 5.69 Å². The van der Waals surface area contributed by atoms with Crippen LogP contribution in [0.2, 0.25) is 0 Å². The fraction of sp³-hybridized carbons (Fsp3) is 0.364. The van der Waals surface area contributed by atoms with E-state index in [1.54, 1.807) is 19.9 Å². The molecule has 0 radical (unpaired) electrons. The van der Waals surface area contributed by atoms with Gasteiger partial charge in [-0.3, -0.25) is 24.6 Å². The van der Waals surface area contributed by atoms with Gasteiger partial charge in [0, 0.05) is 43.5 Å². The highest BCUT2D eigenvalue weighted by molar-refractivity contribution is 5.95. The van der Waals surface area contributed by atoms with Crippen molar-refractivity contribution in [2.75, 3.05) is 42.9 Å². The van der Waals surface area contributed by atoms with Crippen LogP contribution in [0.15, 0.2) is 36.4 Å². The van der Waals surface area contributed by atoms with Crippen LogP contribution in [0.1, 0.15) is 28.4 Å². The molecule has 158 valence electrons. The smallest absolute Gasteiger partial charge is 0.293 e. The van der Waals surface area contributed by atoms with E-state index >= 15 is 0 Å². The summed E-state index contributed by atoms with van der Waals surface area (Å²) in [4.78, 5) is 39.0. The Kier molecular flexibility index (Phi) is 6.47. The topological polar surface area (TPSA) is 95.8 Å². The zero-order chi connectivity index (χ0) is 21.8. The van der Waals surface area contributed by atoms with Crippen molar-refractivity contribution in [3.63, 3.8) is 0 Å². The molecule has 8 nitrogen and oxygen atoms in total. The van der Waals surface area contributed by atoms with Crippen molar-refractivity contribution in [3.8, 4) is 0 Å². The van der Waals surface area contributed by atoms with E-state index in [0.29, 0.717) is 18.7 Å². The van der Waals surface area contributed by atoms with Crippen LogP contribution in [-0.2, 0) is 4.79 Å². The van der Waals surface area contributed by atoms with Gasteiger partial charge in [-0.1, -0.05) is 0 Å². The van der Waals surface area contributed by atoms with E-state index in [-0.39, 0.29) is 29.6 Å². The first-order valence-corrected chi connectivity index (χ1v) is 9.88. The first kappa shape index (κ1) is 21.4. The summed E-state index contributed by atoms with van der Waals surface area (Å²) in [5, 5.41) is 14.0. The van der Waals surface area contributed by atoms with Gasteiger partial charge in [-0.25, -0.2) is 0 Å². The summed E-state index contributed by atoms with van der Waals surface area (Å²) in [7, 11) is 0. The third kappa shape index (κ3) is 5.01. The number of anilines is 2. The van der Waals surface area contributed by atoms with Crippen molar-refractivity contribution < 1.29 is 14.5 Å². The minimum Gasteiger partial charge on any atom is -0.369 e. The molecule has 0 unspecified atom stereocenters. The summed E-state index contributed by atoms with van der Waals surface area (Å²) in [6, 6.07) is 10.7. The van der Waals surface area contributed by atoms with Crippen LogP contribution in [-0.4, -0.2) is 54.2 Å². The molecule has 2 aromatic rings. The molecule has 3 rings (SSSR count). The summed E-state index contributed by atoms with van der Waals surface area (Å²) in [5.41, 5.74) is 3.58. The highest BCUT2D eigenvalue weighted by Gasteiger charge is 2.22. The monoisotopic (exact) mass is 410 g/mol. The normalized spacial score (nSPS) is 14.4. The predicted octanol–water partition coefficient (Wildman–Crippen LogP) is 3.17. The molecule has 30 heavy (non-hydrogen) atoms. The second kappa shape index (κ2) is 9.04. The summed E-state index contributed by atoms with van der Waals surface area (Å²) in [6.07, 6.45) is 0. The summed E-state index contributed by atoms with van der Waals surface area (Å²) < 4.78 is 0. The molecule has 2 aromatic carbocycles. The number of Topliss-reactive ketones (excluding diaryl/α,β-unsaturated/α-hetero) is 1. The maximum absolute atomic E-state index is 12.5. The predicted molar refractivity (Wildman–Crippen MR) is 116 cm³/mol. The van der Waals surface area contributed by atoms with Gasteiger partial charge in [0.2, 0.25) is 5.91 Å². The van der Waals surface area contributed by atoms with Crippen LogP contribution in [0.4, 0.5) is 17.1 Å². The van der Waals surface area contributed by atoms with Crippen LogP contribution in [0.25, 0.3) is 0 Å². The number of ketones is 1. The van der Waals surface area contributed by atoms with Gasteiger partial charge in [-0.2, -0.15) is 0 Å². The molecule has 0 saturated carbocycles. The molecule has 1 N–H and O–H groups in total. The molecule has 1 saturated heterocycles. The Bertz CT molecular complexity index is 964. The molecule has 0 aromatic heterocycles. The highest BCUT2D eigenvalue weighted by atomic mass is 16.6. The Labute approximate surface area is 175 Å². The molecule has 1 aliphatic rings. The Morgan fingerprint density at radius 1 is 1.03 bits per heavy atom. The fourth-order valence-electron chi connectivity index (χ4n) is 3.52. The lowest BCUT2D eigenvalue weighted by Crippen LogP contribution is -2.48. The Morgan fingerprint density at radius 3 is 2.20 bits per heavy atom. The zero-order valence-electron chi connectivity index (χ0n) is 17.5. The van der Waals surface area contributed by atoms with Gasteiger partial charge < -0.3 is 10.2 Å². The summed E-state index contributed by atoms with van der Waals surface area (Å²) >= 11 is 0. The number of carbonyl (C=O) groups excluding carboxylic acids is 2. The molecule has 0 bridgehead atoms. The molecule has 1 heterocycles. The lowest BCUT2D eigenvalue weighted by Gasteiger charge is -2.35. The van der Waals surface area contributed by atoms with Gasteiger partial charge in [0.15, 0.2) is 5.78 Å². The molecular formula is C22H26N4O4. The van der Waals surface area contributed by atoms with Crippen LogP contribution in [0.5, 0.6) is 0 Å². The van der Waals surface area contributed by atoms with Crippen molar-refractivity contribution in [2.24, 2.45) is 0 Å². The number of amides is 1. The minimum atomic E-state index is -0.474. The highest BCUT2D eigenvalue weighted by Crippen LogP contribution is 2.28. The first-order chi connectivity index (χ1) is 14.2. The number of nitro benzene ring substituents is 1. The van der Waals surface area contributed by atoms with Crippen molar-refractivity contribution in [2.45, 2.75) is 20.8 Å². The Hall–Kier alpha value is -3.26. The van der Waals surface area contributed by atoms with E-state index in [9.17, 15) is 19.7 Å². The van der Waals surface area contributed by atoms with Crippen LogP contribution >= 0.6 is 0 Å². The number of aryl methyl sites for hydroxylation is 2. The standard InChI is InChI=1S/C22H26N4O4/c1-15-12-20(21(26(29)30)13-16(15)2)23-22(28)14-24-8-10-25(11-9-24)19-6-4-18(5-7-19)17(3)27/h4-7,12-13H,8-11,14H2,1-3H3,(H,23,28). The lowest BCUT2D eigenvalue weighted by atomic mass is 10.1. The van der Waals surface area contributed by atoms with Gasteiger partial charge in [0.05, 0.1) is 11.5 Å². The number of nitrogens with zero attached hydrogens (tertiary/aromatic N) is 3. The Balaban J connectivity index is 1.56. The van der Waals surface area contributed by atoms with Crippen molar-refractivity contribution >= 4 is 28.8 Å². The maximum Gasteiger partial charge on any atom is 0.293 e. The van der Waals surface area contributed by atoms with Crippen LogP contribution in [0, 0.1) is 24.0 Å². The fourth-order valence-corrected chi connectivity index (χ4v) is 3.52. The Morgan fingerprint density at radius 2 is 1.63 bits per heavy atom. The van der Waals surface area contributed by atoms with Crippen molar-refractivity contribution in [1.82, 2.24) is 4.90 Å². The molecule has 0 aliphatic carbocycles. The molecule has 1 fully saturated rings. The van der Waals surface area contributed by atoms with E-state index in [1.165, 1.54) is 6.07 Å². The van der Waals surface area contributed by atoms with Crippen molar-refractivity contribution in [3.05, 3.63) is 63.2 Å². The quantitative estimate of drug-likeness (QED) is 0.446. The van der Waals surface area contributed by atoms with Gasteiger partial charge in [-0.05, 0) is 62.2 Å². The van der Waals surface area contributed by atoms with E-state index in [4.69, 9.17) is 0 Å². The van der Waals surface area contributed by atoms with Crippen LogP contribution in [0.3, 0.4) is 0 Å². The molecule has 0 atom stereocenters. The molecule has 8 heteroatoms.